The Kier molecular flexibility index (Phi) is 5.17. The number of thiocarbonyl (C=S) groups is 1. The number of methoxy groups -OCH3 is 1. The Hall–Kier alpha value is -2.07. The Morgan fingerprint density at radius 3 is 2.24 bits per heavy atom. The van der Waals surface area contributed by atoms with Gasteiger partial charge in [0.1, 0.15) is 5.75 Å². The molecule has 0 spiro atoms. The molecule has 2 rings (SSSR count). The molecule has 2 aromatic rings. The summed E-state index contributed by atoms with van der Waals surface area (Å²) in [6.07, 6.45) is 0. The predicted octanol–water partition coefficient (Wildman–Crippen LogP) is 4.05. The fourth-order valence-electron chi connectivity index (χ4n) is 1.98. The van der Waals surface area contributed by atoms with Crippen LogP contribution >= 0.6 is 12.2 Å². The van der Waals surface area contributed by atoms with Crippen molar-refractivity contribution in [3.63, 3.8) is 0 Å². The van der Waals surface area contributed by atoms with Crippen molar-refractivity contribution in [1.82, 2.24) is 5.32 Å². The molecular weight excluding hydrogens is 280 g/mol. The second-order valence-corrected chi connectivity index (χ2v) is 5.37. The van der Waals surface area contributed by atoms with Crippen molar-refractivity contribution >= 4 is 23.0 Å². The summed E-state index contributed by atoms with van der Waals surface area (Å²) in [6, 6.07) is 16.3. The normalized spacial score (nSPS) is 11.6. The van der Waals surface area contributed by atoms with Crippen LogP contribution in [0.2, 0.25) is 0 Å². The van der Waals surface area contributed by atoms with Gasteiger partial charge in [-0.2, -0.15) is 0 Å². The number of rotatable bonds is 4. The number of benzene rings is 2. The van der Waals surface area contributed by atoms with E-state index in [-0.39, 0.29) is 6.04 Å². The Labute approximate surface area is 131 Å². The van der Waals surface area contributed by atoms with Gasteiger partial charge >= 0.3 is 0 Å². The molecule has 21 heavy (non-hydrogen) atoms. The first-order chi connectivity index (χ1) is 10.1. The molecule has 4 heteroatoms. The van der Waals surface area contributed by atoms with E-state index < -0.39 is 0 Å². The Morgan fingerprint density at radius 1 is 1.05 bits per heavy atom. The van der Waals surface area contributed by atoms with Crippen LogP contribution in [-0.4, -0.2) is 12.2 Å². The molecular formula is C17H20N2OS. The highest BCUT2D eigenvalue weighted by atomic mass is 32.1. The van der Waals surface area contributed by atoms with Gasteiger partial charge in [-0.05, 0) is 55.9 Å². The van der Waals surface area contributed by atoms with Gasteiger partial charge in [0.25, 0.3) is 0 Å². The molecule has 0 saturated heterocycles. The maximum atomic E-state index is 5.35. The zero-order valence-electron chi connectivity index (χ0n) is 12.5. The molecule has 3 nitrogen and oxygen atoms in total. The fraction of sp³-hybridized carbons (Fsp3) is 0.235. The summed E-state index contributed by atoms with van der Waals surface area (Å²) in [5.74, 6) is 0.826. The van der Waals surface area contributed by atoms with E-state index >= 15 is 0 Å². The van der Waals surface area contributed by atoms with Crippen molar-refractivity contribution in [2.24, 2.45) is 0 Å². The van der Waals surface area contributed by atoms with Crippen molar-refractivity contribution in [1.29, 1.82) is 0 Å². The average Bonchev–Trinajstić information content (AvgIpc) is 2.48. The summed E-state index contributed by atoms with van der Waals surface area (Å²) in [5, 5.41) is 7.06. The molecule has 0 aromatic heterocycles. The molecule has 0 aliphatic carbocycles. The predicted molar refractivity (Wildman–Crippen MR) is 91.9 cm³/mol. The minimum absolute atomic E-state index is 0.156. The molecule has 0 unspecified atom stereocenters. The average molecular weight is 300 g/mol. The molecule has 0 radical (unpaired) electrons. The van der Waals surface area contributed by atoms with E-state index in [1.54, 1.807) is 7.11 Å². The van der Waals surface area contributed by atoms with Crippen molar-refractivity contribution in [3.8, 4) is 5.75 Å². The summed E-state index contributed by atoms with van der Waals surface area (Å²) in [7, 11) is 1.65. The molecule has 2 N–H and O–H groups in total. The number of ether oxygens (including phenoxy) is 1. The summed E-state index contributed by atoms with van der Waals surface area (Å²) >= 11 is 5.35. The number of anilines is 1. The highest BCUT2D eigenvalue weighted by molar-refractivity contribution is 7.80. The van der Waals surface area contributed by atoms with E-state index in [0.717, 1.165) is 11.4 Å². The van der Waals surface area contributed by atoms with E-state index in [1.165, 1.54) is 11.1 Å². The second kappa shape index (κ2) is 7.09. The van der Waals surface area contributed by atoms with Crippen LogP contribution in [0.1, 0.15) is 24.1 Å². The van der Waals surface area contributed by atoms with Crippen LogP contribution in [0.3, 0.4) is 0 Å². The van der Waals surface area contributed by atoms with Gasteiger partial charge in [-0.1, -0.05) is 29.8 Å². The highest BCUT2D eigenvalue weighted by Crippen LogP contribution is 2.16. The molecule has 0 amide bonds. The quantitative estimate of drug-likeness (QED) is 0.835. The zero-order chi connectivity index (χ0) is 15.2. The van der Waals surface area contributed by atoms with Gasteiger partial charge in [0.2, 0.25) is 0 Å². The van der Waals surface area contributed by atoms with Crippen LogP contribution in [0.25, 0.3) is 0 Å². The molecule has 1 atom stereocenters. The lowest BCUT2D eigenvalue weighted by molar-refractivity contribution is 0.415. The van der Waals surface area contributed by atoms with Crippen molar-refractivity contribution in [2.75, 3.05) is 12.4 Å². The fourth-order valence-corrected chi connectivity index (χ4v) is 2.27. The SMILES string of the molecule is COc1ccc(NC(=S)N[C@@H](C)c2ccc(C)cc2)cc1. The number of aryl methyl sites for hydroxylation is 1. The first-order valence-electron chi connectivity index (χ1n) is 6.86. The van der Waals surface area contributed by atoms with Gasteiger partial charge in [-0.25, -0.2) is 0 Å². The van der Waals surface area contributed by atoms with E-state index in [4.69, 9.17) is 17.0 Å². The summed E-state index contributed by atoms with van der Waals surface area (Å²) < 4.78 is 5.13. The van der Waals surface area contributed by atoms with Crippen LogP contribution in [0.15, 0.2) is 48.5 Å². The third kappa shape index (κ3) is 4.46. The van der Waals surface area contributed by atoms with Crippen LogP contribution in [0.5, 0.6) is 5.75 Å². The lowest BCUT2D eigenvalue weighted by atomic mass is 10.1. The topological polar surface area (TPSA) is 33.3 Å². The minimum atomic E-state index is 0.156. The largest absolute Gasteiger partial charge is 0.497 e. The number of nitrogens with one attached hydrogen (secondary N) is 2. The highest BCUT2D eigenvalue weighted by Gasteiger charge is 2.06. The molecule has 0 heterocycles. The maximum absolute atomic E-state index is 5.35. The molecule has 0 saturated carbocycles. The molecule has 0 bridgehead atoms. The van der Waals surface area contributed by atoms with Crippen molar-refractivity contribution < 1.29 is 4.74 Å². The van der Waals surface area contributed by atoms with Gasteiger partial charge in [0.05, 0.1) is 13.2 Å². The molecule has 0 fully saturated rings. The minimum Gasteiger partial charge on any atom is -0.497 e. The lowest BCUT2D eigenvalue weighted by Crippen LogP contribution is -2.30. The standard InChI is InChI=1S/C17H20N2OS/c1-12-4-6-14(7-5-12)13(2)18-17(21)19-15-8-10-16(20-3)11-9-15/h4-11,13H,1-3H3,(H2,18,19,21)/t13-/m0/s1. The molecule has 0 aliphatic rings. The Bertz CT molecular complexity index is 593. The van der Waals surface area contributed by atoms with Crippen LogP contribution in [0, 0.1) is 6.92 Å². The third-order valence-corrected chi connectivity index (χ3v) is 3.49. The maximum Gasteiger partial charge on any atom is 0.171 e. The van der Waals surface area contributed by atoms with E-state index in [1.807, 2.05) is 24.3 Å². The van der Waals surface area contributed by atoms with E-state index in [9.17, 15) is 0 Å². The summed E-state index contributed by atoms with van der Waals surface area (Å²) in [6.45, 7) is 4.17. The first kappa shape index (κ1) is 15.3. The van der Waals surface area contributed by atoms with E-state index in [2.05, 4.69) is 48.7 Å². The summed E-state index contributed by atoms with van der Waals surface area (Å²) in [4.78, 5) is 0. The molecule has 110 valence electrons. The van der Waals surface area contributed by atoms with Gasteiger partial charge in [-0.3, -0.25) is 0 Å². The summed E-state index contributed by atoms with van der Waals surface area (Å²) in [5.41, 5.74) is 3.40. The molecule has 0 aliphatic heterocycles. The smallest absolute Gasteiger partial charge is 0.171 e. The monoisotopic (exact) mass is 300 g/mol. The van der Waals surface area contributed by atoms with Gasteiger partial charge < -0.3 is 15.4 Å². The van der Waals surface area contributed by atoms with Gasteiger partial charge in [-0.15, -0.1) is 0 Å². The molecule has 2 aromatic carbocycles. The Morgan fingerprint density at radius 2 is 1.67 bits per heavy atom. The van der Waals surface area contributed by atoms with E-state index in [0.29, 0.717) is 5.11 Å². The Balaban J connectivity index is 1.92. The van der Waals surface area contributed by atoms with Crippen molar-refractivity contribution in [3.05, 3.63) is 59.7 Å². The van der Waals surface area contributed by atoms with Crippen LogP contribution in [0.4, 0.5) is 5.69 Å². The van der Waals surface area contributed by atoms with Crippen LogP contribution < -0.4 is 15.4 Å². The van der Waals surface area contributed by atoms with Crippen molar-refractivity contribution in [2.45, 2.75) is 19.9 Å². The first-order valence-corrected chi connectivity index (χ1v) is 7.27. The van der Waals surface area contributed by atoms with Gasteiger partial charge in [0, 0.05) is 5.69 Å². The lowest BCUT2D eigenvalue weighted by Gasteiger charge is -2.17. The zero-order valence-corrected chi connectivity index (χ0v) is 13.3. The van der Waals surface area contributed by atoms with Crippen LogP contribution in [-0.2, 0) is 0 Å². The van der Waals surface area contributed by atoms with Gasteiger partial charge in [0.15, 0.2) is 5.11 Å². The second-order valence-electron chi connectivity index (χ2n) is 4.96. The number of hydrogen-bond acceptors (Lipinski definition) is 2. The number of hydrogen-bond donors (Lipinski definition) is 2. The third-order valence-electron chi connectivity index (χ3n) is 3.27.